The van der Waals surface area contributed by atoms with Crippen molar-refractivity contribution in [2.75, 3.05) is 6.54 Å². The maximum atomic E-state index is 11.2. The van der Waals surface area contributed by atoms with E-state index in [1.807, 2.05) is 31.2 Å². The Labute approximate surface area is 115 Å². The molecule has 0 aromatic heterocycles. The van der Waals surface area contributed by atoms with Crippen molar-refractivity contribution < 1.29 is 9.53 Å². The third-order valence-electron chi connectivity index (χ3n) is 3.03. The van der Waals surface area contributed by atoms with Crippen LogP contribution in [0.25, 0.3) is 0 Å². The number of hydrogen-bond acceptors (Lipinski definition) is 3. The molecule has 4 nitrogen and oxygen atoms in total. The number of nitrogens with one attached hydrogen (secondary N) is 1. The Balaban J connectivity index is 2.73. The number of carbonyl (C=O) groups is 1. The Hall–Kier alpha value is -1.55. The van der Waals surface area contributed by atoms with E-state index in [0.717, 1.165) is 18.5 Å². The Kier molecular flexibility index (Phi) is 6.36. The Morgan fingerprint density at radius 3 is 2.74 bits per heavy atom. The van der Waals surface area contributed by atoms with Crippen molar-refractivity contribution in [3.8, 4) is 5.75 Å². The lowest BCUT2D eigenvalue weighted by molar-refractivity contribution is -0.124. The molecule has 106 valence electrons. The fourth-order valence-corrected chi connectivity index (χ4v) is 1.84. The summed E-state index contributed by atoms with van der Waals surface area (Å²) in [4.78, 5) is 11.2. The molecule has 0 saturated heterocycles. The third kappa shape index (κ3) is 4.91. The minimum absolute atomic E-state index is 0.261. The first kappa shape index (κ1) is 15.5. The fourth-order valence-electron chi connectivity index (χ4n) is 1.84. The summed E-state index contributed by atoms with van der Waals surface area (Å²) in [5, 5.41) is 3.42. The quantitative estimate of drug-likeness (QED) is 0.757. The molecule has 0 saturated carbocycles. The van der Waals surface area contributed by atoms with Gasteiger partial charge in [0.2, 0.25) is 0 Å². The molecule has 1 aromatic rings. The summed E-state index contributed by atoms with van der Waals surface area (Å²) < 4.78 is 5.62. The van der Waals surface area contributed by atoms with Crippen molar-refractivity contribution in [1.29, 1.82) is 0 Å². The summed E-state index contributed by atoms with van der Waals surface area (Å²) in [6.07, 6.45) is 1.11. The third-order valence-corrected chi connectivity index (χ3v) is 3.03. The molecule has 19 heavy (non-hydrogen) atoms. The van der Waals surface area contributed by atoms with Crippen LogP contribution in [0.5, 0.6) is 5.75 Å². The highest BCUT2D eigenvalue weighted by atomic mass is 16.5. The molecule has 0 spiro atoms. The van der Waals surface area contributed by atoms with Crippen LogP contribution in [0.4, 0.5) is 0 Å². The van der Waals surface area contributed by atoms with Crippen LogP contribution in [-0.4, -0.2) is 18.6 Å². The van der Waals surface area contributed by atoms with E-state index in [-0.39, 0.29) is 6.04 Å². The van der Waals surface area contributed by atoms with Gasteiger partial charge in [-0.25, -0.2) is 0 Å². The average Bonchev–Trinajstić information content (AvgIpc) is 2.42. The number of rotatable bonds is 8. The van der Waals surface area contributed by atoms with Crippen LogP contribution in [-0.2, 0) is 4.79 Å². The molecule has 1 rings (SSSR count). The molecule has 1 aromatic carbocycles. The highest BCUT2D eigenvalue weighted by Gasteiger charge is 2.15. The summed E-state index contributed by atoms with van der Waals surface area (Å²) in [7, 11) is 0. The lowest BCUT2D eigenvalue weighted by atomic mass is 10.1. The lowest BCUT2D eigenvalue weighted by Gasteiger charge is -2.17. The molecule has 0 aliphatic rings. The molecule has 2 atom stereocenters. The highest BCUT2D eigenvalue weighted by molar-refractivity contribution is 5.79. The van der Waals surface area contributed by atoms with Crippen LogP contribution >= 0.6 is 0 Å². The highest BCUT2D eigenvalue weighted by Crippen LogP contribution is 2.20. The summed E-state index contributed by atoms with van der Waals surface area (Å²) >= 11 is 0. The van der Waals surface area contributed by atoms with E-state index < -0.39 is 12.0 Å². The number of carbonyl (C=O) groups excluding carboxylic acids is 1. The number of ether oxygens (including phenoxy) is 1. The molecule has 0 heterocycles. The number of amides is 1. The Morgan fingerprint density at radius 1 is 1.42 bits per heavy atom. The first-order valence-electron chi connectivity index (χ1n) is 6.87. The topological polar surface area (TPSA) is 64.3 Å². The first-order valence-corrected chi connectivity index (χ1v) is 6.87. The maximum absolute atomic E-state index is 11.2. The second-order valence-corrected chi connectivity index (χ2v) is 4.67. The molecular formula is C15H24N2O2. The molecule has 0 bridgehead atoms. The lowest BCUT2D eigenvalue weighted by Crippen LogP contribution is -2.33. The van der Waals surface area contributed by atoms with Gasteiger partial charge in [-0.3, -0.25) is 4.79 Å². The summed E-state index contributed by atoms with van der Waals surface area (Å²) in [6.45, 7) is 7.11. The fraction of sp³-hybridized carbons (Fsp3) is 0.533. The van der Waals surface area contributed by atoms with Crippen LogP contribution in [0.3, 0.4) is 0 Å². The smallest absolute Gasteiger partial charge is 0.258 e. The molecule has 4 heteroatoms. The van der Waals surface area contributed by atoms with Gasteiger partial charge in [0.1, 0.15) is 5.75 Å². The van der Waals surface area contributed by atoms with Gasteiger partial charge in [0.25, 0.3) is 5.91 Å². The number of primary amides is 1. The Bertz CT molecular complexity index is 407. The monoisotopic (exact) mass is 264 g/mol. The van der Waals surface area contributed by atoms with Crippen molar-refractivity contribution in [2.45, 2.75) is 45.8 Å². The molecule has 0 radical (unpaired) electrons. The second kappa shape index (κ2) is 7.79. The number of hydrogen-bond donors (Lipinski definition) is 2. The van der Waals surface area contributed by atoms with Crippen molar-refractivity contribution in [3.63, 3.8) is 0 Å². The van der Waals surface area contributed by atoms with Gasteiger partial charge >= 0.3 is 0 Å². The van der Waals surface area contributed by atoms with Gasteiger partial charge in [-0.2, -0.15) is 0 Å². The van der Waals surface area contributed by atoms with Gasteiger partial charge in [-0.15, -0.1) is 0 Å². The molecular weight excluding hydrogens is 240 g/mol. The first-order chi connectivity index (χ1) is 9.08. The standard InChI is InChI=1S/C15H24N2O2/c1-4-9-17-11(3)12-7-6-8-13(10-12)19-14(5-2)15(16)18/h6-8,10-11,14,17H,4-5,9H2,1-3H3,(H2,16,18). The van der Waals surface area contributed by atoms with E-state index in [9.17, 15) is 4.79 Å². The molecule has 3 N–H and O–H groups in total. The molecule has 0 aliphatic carbocycles. The van der Waals surface area contributed by atoms with Crippen LogP contribution in [0, 0.1) is 0 Å². The van der Waals surface area contributed by atoms with Crippen molar-refractivity contribution in [3.05, 3.63) is 29.8 Å². The maximum Gasteiger partial charge on any atom is 0.258 e. The van der Waals surface area contributed by atoms with Gasteiger partial charge < -0.3 is 15.8 Å². The minimum Gasteiger partial charge on any atom is -0.481 e. The van der Waals surface area contributed by atoms with Crippen LogP contribution in [0.2, 0.25) is 0 Å². The van der Waals surface area contributed by atoms with E-state index >= 15 is 0 Å². The van der Waals surface area contributed by atoms with Gasteiger partial charge in [0.05, 0.1) is 0 Å². The van der Waals surface area contributed by atoms with Gasteiger partial charge in [-0.1, -0.05) is 26.0 Å². The van der Waals surface area contributed by atoms with Crippen molar-refractivity contribution in [1.82, 2.24) is 5.32 Å². The molecule has 2 unspecified atom stereocenters. The minimum atomic E-state index is -0.561. The second-order valence-electron chi connectivity index (χ2n) is 4.67. The predicted octanol–water partition coefficient (Wildman–Crippen LogP) is 2.39. The number of nitrogens with two attached hydrogens (primary N) is 1. The summed E-state index contributed by atoms with van der Waals surface area (Å²) in [6, 6.07) is 8.05. The predicted molar refractivity (Wildman–Crippen MR) is 77.1 cm³/mol. The Morgan fingerprint density at radius 2 is 2.16 bits per heavy atom. The van der Waals surface area contributed by atoms with E-state index in [1.165, 1.54) is 0 Å². The van der Waals surface area contributed by atoms with Crippen LogP contribution in [0.15, 0.2) is 24.3 Å². The van der Waals surface area contributed by atoms with Crippen molar-refractivity contribution in [2.24, 2.45) is 5.73 Å². The van der Waals surface area contributed by atoms with Gasteiger partial charge in [0.15, 0.2) is 6.10 Å². The van der Waals surface area contributed by atoms with E-state index in [2.05, 4.69) is 19.2 Å². The van der Waals surface area contributed by atoms with E-state index in [4.69, 9.17) is 10.5 Å². The van der Waals surface area contributed by atoms with Crippen LogP contribution < -0.4 is 15.8 Å². The van der Waals surface area contributed by atoms with Crippen molar-refractivity contribution >= 4 is 5.91 Å². The molecule has 0 aliphatic heterocycles. The van der Waals surface area contributed by atoms with E-state index in [1.54, 1.807) is 0 Å². The zero-order valence-electron chi connectivity index (χ0n) is 12.0. The molecule has 1 amide bonds. The zero-order valence-corrected chi connectivity index (χ0v) is 12.0. The SMILES string of the molecule is CCCNC(C)c1cccc(OC(CC)C(N)=O)c1. The zero-order chi connectivity index (χ0) is 14.3. The van der Waals surface area contributed by atoms with Gasteiger partial charge in [-0.05, 0) is 44.0 Å². The normalized spacial score (nSPS) is 13.8. The summed E-state index contributed by atoms with van der Waals surface area (Å²) in [5.74, 6) is 0.262. The average molecular weight is 264 g/mol. The van der Waals surface area contributed by atoms with Gasteiger partial charge in [0, 0.05) is 6.04 Å². The largest absolute Gasteiger partial charge is 0.481 e. The molecule has 0 fully saturated rings. The van der Waals surface area contributed by atoms with Crippen LogP contribution in [0.1, 0.15) is 45.2 Å². The summed E-state index contributed by atoms with van der Waals surface area (Å²) in [5.41, 5.74) is 6.43. The number of benzene rings is 1. The van der Waals surface area contributed by atoms with E-state index in [0.29, 0.717) is 12.2 Å².